The van der Waals surface area contributed by atoms with E-state index < -0.39 is 19.8 Å². The fourth-order valence-corrected chi connectivity index (χ4v) is 6.23. The zero-order valence-corrected chi connectivity index (χ0v) is 29.3. The first kappa shape index (κ1) is 33.3. The number of nitrogens with one attached hydrogen (secondary N) is 1. The first-order valence-corrected chi connectivity index (χ1v) is 19.7. The quantitative estimate of drug-likeness (QED) is 0.141. The van der Waals surface area contributed by atoms with Crippen LogP contribution in [0.1, 0.15) is 46.1 Å². The summed E-state index contributed by atoms with van der Waals surface area (Å²) in [6, 6.07) is 11.1. The predicted molar refractivity (Wildman–Crippen MR) is 187 cm³/mol. The molecule has 0 saturated carbocycles. The number of alkyl carbamates (subject to hydrolysis) is 1. The van der Waals surface area contributed by atoms with Gasteiger partial charge in [0.15, 0.2) is 0 Å². The van der Waals surface area contributed by atoms with Gasteiger partial charge in [-0.2, -0.15) is 5.10 Å². The van der Waals surface area contributed by atoms with Crippen LogP contribution in [0.3, 0.4) is 0 Å². The third-order valence-electron chi connectivity index (χ3n) is 7.82. The number of hydrogen-bond acceptors (Lipinski definition) is 8. The first-order valence-electron chi connectivity index (χ1n) is 16.0. The number of aromatic nitrogens is 5. The number of amides is 1. The van der Waals surface area contributed by atoms with Crippen molar-refractivity contribution in [2.24, 2.45) is 0 Å². The Labute approximate surface area is 273 Å². The van der Waals surface area contributed by atoms with Crippen LogP contribution in [0.25, 0.3) is 39.1 Å². The maximum atomic E-state index is 12.6. The second-order valence-electron chi connectivity index (χ2n) is 14.3. The van der Waals surface area contributed by atoms with Gasteiger partial charge in [0.2, 0.25) is 0 Å². The molecule has 244 valence electrons. The first-order chi connectivity index (χ1) is 21.8. The molecule has 1 fully saturated rings. The number of rotatable bonds is 10. The van der Waals surface area contributed by atoms with E-state index in [9.17, 15) is 4.79 Å². The SMILES string of the molecule is C=C(C)c1ccc(-c2nn(COCC[Si](C)(C)C)c3cnc(-c4cccnc4)cc23)nc1N1CCCC(NC(=O)OC(C)(C)C)C1. The van der Waals surface area contributed by atoms with Crippen LogP contribution in [0.5, 0.6) is 0 Å². The molecule has 0 bridgehead atoms. The highest BCUT2D eigenvalue weighted by Crippen LogP contribution is 2.34. The highest BCUT2D eigenvalue weighted by molar-refractivity contribution is 6.76. The molecule has 0 radical (unpaired) electrons. The van der Waals surface area contributed by atoms with Crippen molar-refractivity contribution in [2.45, 2.75) is 84.6 Å². The van der Waals surface area contributed by atoms with Crippen LogP contribution in [0.4, 0.5) is 10.6 Å². The molecular weight excluding hydrogens is 595 g/mol. The van der Waals surface area contributed by atoms with Crippen LogP contribution in [0, 0.1) is 0 Å². The third kappa shape index (κ3) is 8.38. The van der Waals surface area contributed by atoms with Gasteiger partial charge in [-0.25, -0.2) is 14.5 Å². The van der Waals surface area contributed by atoms with Crippen molar-refractivity contribution in [3.8, 4) is 22.6 Å². The zero-order chi connectivity index (χ0) is 33.1. The zero-order valence-electron chi connectivity index (χ0n) is 28.3. The summed E-state index contributed by atoms with van der Waals surface area (Å²) in [6.07, 6.45) is 6.81. The molecule has 4 aromatic rings. The van der Waals surface area contributed by atoms with Crippen molar-refractivity contribution in [1.82, 2.24) is 30.0 Å². The molecule has 0 aliphatic carbocycles. The average Bonchev–Trinajstić information content (AvgIpc) is 3.36. The van der Waals surface area contributed by atoms with Gasteiger partial charge in [-0.1, -0.05) is 26.2 Å². The molecule has 1 atom stereocenters. The molecule has 1 aliphatic heterocycles. The van der Waals surface area contributed by atoms with Crippen LogP contribution in [-0.4, -0.2) is 70.2 Å². The Balaban J connectivity index is 1.51. The summed E-state index contributed by atoms with van der Waals surface area (Å²) in [5.41, 5.74) is 5.46. The van der Waals surface area contributed by atoms with E-state index in [1.54, 1.807) is 6.20 Å². The molecule has 46 heavy (non-hydrogen) atoms. The Hall–Kier alpha value is -4.09. The Morgan fingerprint density at radius 2 is 1.96 bits per heavy atom. The lowest BCUT2D eigenvalue weighted by Crippen LogP contribution is -2.49. The molecule has 0 spiro atoms. The van der Waals surface area contributed by atoms with Crippen LogP contribution in [0.2, 0.25) is 25.7 Å². The van der Waals surface area contributed by atoms with Crippen molar-refractivity contribution in [1.29, 1.82) is 0 Å². The van der Waals surface area contributed by atoms with Crippen molar-refractivity contribution < 1.29 is 14.3 Å². The number of nitrogens with zero attached hydrogens (tertiary/aromatic N) is 6. The van der Waals surface area contributed by atoms with Gasteiger partial charge in [-0.3, -0.25) is 9.97 Å². The molecule has 0 aromatic carbocycles. The maximum Gasteiger partial charge on any atom is 0.407 e. The number of carbonyl (C=O) groups excluding carboxylic acids is 1. The summed E-state index contributed by atoms with van der Waals surface area (Å²) in [6.45, 7) is 21.3. The molecule has 10 nitrogen and oxygen atoms in total. The molecule has 1 N–H and O–H groups in total. The van der Waals surface area contributed by atoms with Crippen LogP contribution >= 0.6 is 0 Å². The molecule has 5 rings (SSSR count). The minimum atomic E-state index is -1.23. The summed E-state index contributed by atoms with van der Waals surface area (Å²) in [5, 5.41) is 9.05. The van der Waals surface area contributed by atoms with Gasteiger partial charge in [-0.05, 0) is 82.5 Å². The number of ether oxygens (including phenoxy) is 2. The number of allylic oxidation sites excluding steroid dienone is 1. The standard InChI is InChI=1S/C35H47N7O3Si/c1-24(2)27-13-14-29(39-33(27)41-16-10-12-26(22-41)38-34(43)45-35(3,4)5)32-28-19-30(25-11-9-15-36-20-25)37-21-31(28)42(40-32)23-44-17-18-46(6,7)8/h9,11,13-15,19-21,26H,1,10,12,16-18,22-23H2,2-8H3,(H,38,43). The highest BCUT2D eigenvalue weighted by Gasteiger charge is 2.27. The molecule has 1 aliphatic rings. The number of fused-ring (bicyclic) bond motifs is 1. The van der Waals surface area contributed by atoms with E-state index in [4.69, 9.17) is 24.5 Å². The summed E-state index contributed by atoms with van der Waals surface area (Å²) >= 11 is 0. The van der Waals surface area contributed by atoms with Gasteiger partial charge >= 0.3 is 6.09 Å². The number of anilines is 1. The molecule has 4 aromatic heterocycles. The molecule has 1 unspecified atom stereocenters. The summed E-state index contributed by atoms with van der Waals surface area (Å²) in [5.74, 6) is 0.830. The molecule has 11 heteroatoms. The highest BCUT2D eigenvalue weighted by atomic mass is 28.3. The Morgan fingerprint density at radius 3 is 2.65 bits per heavy atom. The van der Waals surface area contributed by atoms with E-state index in [2.05, 4.69) is 53.6 Å². The Kier molecular flexibility index (Phi) is 9.93. The average molecular weight is 642 g/mol. The Morgan fingerprint density at radius 1 is 1.15 bits per heavy atom. The van der Waals surface area contributed by atoms with E-state index in [-0.39, 0.29) is 6.04 Å². The fourth-order valence-electron chi connectivity index (χ4n) is 5.48. The summed E-state index contributed by atoms with van der Waals surface area (Å²) in [4.78, 5) is 29.1. The molecule has 1 saturated heterocycles. The van der Waals surface area contributed by atoms with Crippen LogP contribution in [-0.2, 0) is 16.2 Å². The van der Waals surface area contributed by atoms with Gasteiger partial charge in [0.25, 0.3) is 0 Å². The summed E-state index contributed by atoms with van der Waals surface area (Å²) < 4.78 is 13.5. The topological polar surface area (TPSA) is 107 Å². The van der Waals surface area contributed by atoms with E-state index in [0.29, 0.717) is 19.9 Å². The second-order valence-corrected chi connectivity index (χ2v) is 19.9. The molecule has 5 heterocycles. The van der Waals surface area contributed by atoms with E-state index in [1.165, 1.54) is 0 Å². The maximum absolute atomic E-state index is 12.6. The monoisotopic (exact) mass is 641 g/mol. The van der Waals surface area contributed by atoms with Crippen molar-refractivity contribution >= 4 is 36.5 Å². The number of carbonyl (C=O) groups is 1. The lowest BCUT2D eigenvalue weighted by molar-refractivity contribution is 0.0500. The predicted octanol–water partition coefficient (Wildman–Crippen LogP) is 7.39. The van der Waals surface area contributed by atoms with Crippen LogP contribution in [0.15, 0.2) is 55.5 Å². The number of pyridine rings is 3. The van der Waals surface area contributed by atoms with E-state index in [1.807, 2.05) is 63.0 Å². The second kappa shape index (κ2) is 13.7. The number of piperidine rings is 1. The fraction of sp³-hybridized carbons (Fsp3) is 0.457. The van der Waals surface area contributed by atoms with Crippen molar-refractivity contribution in [3.63, 3.8) is 0 Å². The van der Waals surface area contributed by atoms with Crippen LogP contribution < -0.4 is 10.2 Å². The largest absolute Gasteiger partial charge is 0.444 e. The Bertz CT molecular complexity index is 1690. The van der Waals surface area contributed by atoms with Gasteiger partial charge in [0.05, 0.1) is 23.1 Å². The number of hydrogen-bond donors (Lipinski definition) is 1. The minimum absolute atomic E-state index is 0.0616. The lowest BCUT2D eigenvalue weighted by Gasteiger charge is -2.35. The van der Waals surface area contributed by atoms with Gasteiger partial charge in [0.1, 0.15) is 23.8 Å². The lowest BCUT2D eigenvalue weighted by atomic mass is 10.0. The normalized spacial score (nSPS) is 15.6. The van der Waals surface area contributed by atoms with Gasteiger partial charge < -0.3 is 19.7 Å². The molecular formula is C35H47N7O3Si. The van der Waals surface area contributed by atoms with Gasteiger partial charge in [-0.15, -0.1) is 0 Å². The van der Waals surface area contributed by atoms with E-state index >= 15 is 0 Å². The van der Waals surface area contributed by atoms with E-state index in [0.717, 1.165) is 75.9 Å². The smallest absolute Gasteiger partial charge is 0.407 e. The van der Waals surface area contributed by atoms with Crippen molar-refractivity contribution in [2.75, 3.05) is 24.6 Å². The van der Waals surface area contributed by atoms with Gasteiger partial charge in [0, 0.05) is 62.7 Å². The third-order valence-corrected chi connectivity index (χ3v) is 9.53. The molecule has 1 amide bonds. The van der Waals surface area contributed by atoms with Crippen molar-refractivity contribution in [3.05, 3.63) is 61.1 Å². The minimum Gasteiger partial charge on any atom is -0.444 e. The summed E-state index contributed by atoms with van der Waals surface area (Å²) in [7, 11) is -1.23.